The molecule has 154 valence electrons. The number of imide groups is 1. The molecule has 7 heteroatoms. The zero-order valence-electron chi connectivity index (χ0n) is 17.1. The maximum atomic E-state index is 13.1. The van der Waals surface area contributed by atoms with Crippen LogP contribution in [0.5, 0.6) is 0 Å². The molecule has 1 N–H and O–H groups in total. The lowest BCUT2D eigenvalue weighted by atomic mass is 9.84. The van der Waals surface area contributed by atoms with Gasteiger partial charge in [0.25, 0.3) is 5.91 Å². The van der Waals surface area contributed by atoms with E-state index in [4.69, 9.17) is 4.52 Å². The van der Waals surface area contributed by atoms with Crippen molar-refractivity contribution in [2.24, 2.45) is 0 Å². The molecule has 2 fully saturated rings. The summed E-state index contributed by atoms with van der Waals surface area (Å²) in [5, 5.41) is 6.99. The van der Waals surface area contributed by atoms with Crippen LogP contribution in [-0.2, 0) is 11.3 Å². The van der Waals surface area contributed by atoms with Gasteiger partial charge in [-0.05, 0) is 24.3 Å². The molecule has 7 nitrogen and oxygen atoms in total. The molecular weight excluding hydrogens is 368 g/mol. The number of carbonyl (C=O) groups is 2. The molecule has 1 aliphatic carbocycles. The van der Waals surface area contributed by atoms with Gasteiger partial charge in [0.15, 0.2) is 0 Å². The number of benzene rings is 1. The molecule has 2 aliphatic rings. The molecule has 2 aromatic rings. The minimum absolute atomic E-state index is 0.00347. The van der Waals surface area contributed by atoms with Crippen LogP contribution < -0.4 is 5.32 Å². The molecule has 1 saturated carbocycles. The minimum Gasteiger partial charge on any atom is -0.337 e. The van der Waals surface area contributed by atoms with Gasteiger partial charge in [-0.15, -0.1) is 0 Å². The van der Waals surface area contributed by atoms with Crippen molar-refractivity contribution in [1.29, 1.82) is 0 Å². The fourth-order valence-electron chi connectivity index (χ4n) is 4.26. The summed E-state index contributed by atoms with van der Waals surface area (Å²) in [6, 6.07) is 7.65. The van der Waals surface area contributed by atoms with Gasteiger partial charge in [0.05, 0.1) is 0 Å². The first kappa shape index (κ1) is 19.6. The van der Waals surface area contributed by atoms with Crippen molar-refractivity contribution in [1.82, 2.24) is 20.4 Å². The van der Waals surface area contributed by atoms with Crippen molar-refractivity contribution in [3.63, 3.8) is 0 Å². The predicted molar refractivity (Wildman–Crippen MR) is 108 cm³/mol. The average molecular weight is 396 g/mol. The Hall–Kier alpha value is -2.70. The molecular formula is C22H28N4O3. The molecule has 0 unspecified atom stereocenters. The standard InChI is InChI=1S/C22H28N4O3/c1-15(2)16-8-10-17(11-9-16)19-23-18(29-25-19)14-26-20(27)22(24-21(26)28)12-6-4-3-5-7-13-22/h8-11,15H,3-7,12-14H2,1-2H3,(H,24,28). The van der Waals surface area contributed by atoms with E-state index in [2.05, 4.69) is 29.3 Å². The number of aromatic nitrogens is 2. The first-order chi connectivity index (χ1) is 14.0. The summed E-state index contributed by atoms with van der Waals surface area (Å²) >= 11 is 0. The summed E-state index contributed by atoms with van der Waals surface area (Å²) in [7, 11) is 0. The first-order valence-corrected chi connectivity index (χ1v) is 10.6. The molecule has 1 aliphatic heterocycles. The second-order valence-corrected chi connectivity index (χ2v) is 8.46. The third-order valence-electron chi connectivity index (χ3n) is 6.05. The zero-order chi connectivity index (χ0) is 20.4. The van der Waals surface area contributed by atoms with Gasteiger partial charge in [-0.2, -0.15) is 4.98 Å². The van der Waals surface area contributed by atoms with Crippen molar-refractivity contribution >= 4 is 11.9 Å². The first-order valence-electron chi connectivity index (χ1n) is 10.6. The SMILES string of the molecule is CC(C)c1ccc(-c2noc(CN3C(=O)NC4(CCCCCCC4)C3=O)n2)cc1. The molecule has 0 atom stereocenters. The Morgan fingerprint density at radius 3 is 2.38 bits per heavy atom. The van der Waals surface area contributed by atoms with Crippen molar-refractivity contribution in [2.75, 3.05) is 0 Å². The van der Waals surface area contributed by atoms with Crippen LogP contribution in [0.3, 0.4) is 0 Å². The van der Waals surface area contributed by atoms with E-state index in [9.17, 15) is 9.59 Å². The van der Waals surface area contributed by atoms with Crippen LogP contribution in [0.1, 0.15) is 76.2 Å². The number of nitrogens with zero attached hydrogens (tertiary/aromatic N) is 3. The third-order valence-corrected chi connectivity index (χ3v) is 6.05. The molecule has 29 heavy (non-hydrogen) atoms. The third kappa shape index (κ3) is 3.91. The second-order valence-electron chi connectivity index (χ2n) is 8.46. The fraction of sp³-hybridized carbons (Fsp3) is 0.545. The van der Waals surface area contributed by atoms with Crippen LogP contribution in [-0.4, -0.2) is 32.5 Å². The van der Waals surface area contributed by atoms with Crippen LogP contribution in [0.25, 0.3) is 11.4 Å². The molecule has 0 bridgehead atoms. The highest BCUT2D eigenvalue weighted by molar-refractivity contribution is 6.06. The number of hydrogen-bond donors (Lipinski definition) is 1. The maximum absolute atomic E-state index is 13.1. The van der Waals surface area contributed by atoms with Gasteiger partial charge >= 0.3 is 6.03 Å². The van der Waals surface area contributed by atoms with Crippen LogP contribution in [0.15, 0.2) is 28.8 Å². The monoisotopic (exact) mass is 396 g/mol. The lowest BCUT2D eigenvalue weighted by Gasteiger charge is -2.28. The van der Waals surface area contributed by atoms with E-state index in [0.717, 1.165) is 31.2 Å². The van der Waals surface area contributed by atoms with E-state index in [1.165, 1.54) is 16.9 Å². The summed E-state index contributed by atoms with van der Waals surface area (Å²) in [5.74, 6) is 1.01. The Bertz CT molecular complexity index is 880. The van der Waals surface area contributed by atoms with E-state index in [0.29, 0.717) is 24.6 Å². The number of hydrogen-bond acceptors (Lipinski definition) is 5. The van der Waals surface area contributed by atoms with Crippen LogP contribution in [0, 0.1) is 0 Å². The summed E-state index contributed by atoms with van der Waals surface area (Å²) in [4.78, 5) is 31.3. The summed E-state index contributed by atoms with van der Waals surface area (Å²) in [6.07, 6.45) is 6.72. The molecule has 4 rings (SSSR count). The predicted octanol–water partition coefficient (Wildman–Crippen LogP) is 4.39. The van der Waals surface area contributed by atoms with Gasteiger partial charge in [-0.1, -0.05) is 75.4 Å². The van der Waals surface area contributed by atoms with Crippen molar-refractivity contribution in [2.45, 2.75) is 76.8 Å². The molecule has 1 spiro atoms. The quantitative estimate of drug-likeness (QED) is 0.774. The summed E-state index contributed by atoms with van der Waals surface area (Å²) < 4.78 is 5.34. The van der Waals surface area contributed by atoms with Gasteiger partial charge in [0.1, 0.15) is 12.1 Å². The summed E-state index contributed by atoms with van der Waals surface area (Å²) in [5.41, 5.74) is 1.33. The number of nitrogens with one attached hydrogen (secondary N) is 1. The molecule has 1 aromatic carbocycles. The van der Waals surface area contributed by atoms with E-state index in [-0.39, 0.29) is 24.4 Å². The topological polar surface area (TPSA) is 88.3 Å². The number of carbonyl (C=O) groups excluding carboxylic acids is 2. The highest BCUT2D eigenvalue weighted by atomic mass is 16.5. The van der Waals surface area contributed by atoms with Crippen LogP contribution in [0.4, 0.5) is 4.79 Å². The van der Waals surface area contributed by atoms with E-state index < -0.39 is 5.54 Å². The molecule has 1 aromatic heterocycles. The van der Waals surface area contributed by atoms with Gasteiger partial charge < -0.3 is 9.84 Å². The Labute approximate surface area is 170 Å². The van der Waals surface area contributed by atoms with Gasteiger partial charge in [0.2, 0.25) is 11.7 Å². The molecule has 1 saturated heterocycles. The number of rotatable bonds is 4. The molecule has 3 amide bonds. The average Bonchev–Trinajstić information content (AvgIpc) is 3.24. The Morgan fingerprint density at radius 1 is 1.07 bits per heavy atom. The Balaban J connectivity index is 1.48. The van der Waals surface area contributed by atoms with Crippen molar-refractivity contribution < 1.29 is 14.1 Å². The van der Waals surface area contributed by atoms with E-state index in [1.54, 1.807) is 0 Å². The number of urea groups is 1. The maximum Gasteiger partial charge on any atom is 0.325 e. The fourth-order valence-corrected chi connectivity index (χ4v) is 4.26. The van der Waals surface area contributed by atoms with Crippen molar-refractivity contribution in [3.8, 4) is 11.4 Å². The second kappa shape index (κ2) is 7.97. The van der Waals surface area contributed by atoms with Gasteiger partial charge in [0, 0.05) is 5.56 Å². The highest BCUT2D eigenvalue weighted by Crippen LogP contribution is 2.32. The summed E-state index contributed by atoms with van der Waals surface area (Å²) in [6.45, 7) is 4.29. The molecule has 2 heterocycles. The Morgan fingerprint density at radius 2 is 1.72 bits per heavy atom. The lowest BCUT2D eigenvalue weighted by molar-refractivity contribution is -0.132. The van der Waals surface area contributed by atoms with E-state index in [1.807, 2.05) is 24.3 Å². The lowest BCUT2D eigenvalue weighted by Crippen LogP contribution is -2.47. The largest absolute Gasteiger partial charge is 0.337 e. The van der Waals surface area contributed by atoms with Crippen LogP contribution >= 0.6 is 0 Å². The van der Waals surface area contributed by atoms with Crippen LogP contribution in [0.2, 0.25) is 0 Å². The molecule has 0 radical (unpaired) electrons. The minimum atomic E-state index is -0.757. The number of amides is 3. The Kier molecular flexibility index (Phi) is 5.39. The van der Waals surface area contributed by atoms with Crippen molar-refractivity contribution in [3.05, 3.63) is 35.7 Å². The van der Waals surface area contributed by atoms with E-state index >= 15 is 0 Å². The zero-order valence-corrected chi connectivity index (χ0v) is 17.1. The van der Waals surface area contributed by atoms with Gasteiger partial charge in [-0.3, -0.25) is 9.69 Å². The smallest absolute Gasteiger partial charge is 0.325 e. The van der Waals surface area contributed by atoms with Gasteiger partial charge in [-0.25, -0.2) is 4.79 Å². The normalized spacial score (nSPS) is 19.5. The highest BCUT2D eigenvalue weighted by Gasteiger charge is 2.50.